The average Bonchev–Trinajstić information content (AvgIpc) is 2.41. The summed E-state index contributed by atoms with van der Waals surface area (Å²) in [4.78, 5) is 11.3. The molecule has 3 N–H and O–H groups in total. The number of hydrogen-bond acceptors (Lipinski definition) is 4. The fourth-order valence-electron chi connectivity index (χ4n) is 1.99. The van der Waals surface area contributed by atoms with Gasteiger partial charge in [-0.2, -0.15) is 0 Å². The van der Waals surface area contributed by atoms with Gasteiger partial charge in [0.1, 0.15) is 11.8 Å². The van der Waals surface area contributed by atoms with E-state index in [2.05, 4.69) is 4.74 Å². The highest BCUT2D eigenvalue weighted by molar-refractivity contribution is 5.88. The van der Waals surface area contributed by atoms with Gasteiger partial charge in [0, 0.05) is 12.0 Å². The molecule has 0 spiro atoms. The molecule has 0 fully saturated rings. The Morgan fingerprint density at radius 3 is 2.78 bits per heavy atom. The maximum Gasteiger partial charge on any atom is 0.322 e. The number of carbonyl (C=O) groups is 1. The smallest absolute Gasteiger partial charge is 0.322 e. The van der Waals surface area contributed by atoms with Gasteiger partial charge >= 0.3 is 5.97 Å². The minimum Gasteiger partial charge on any atom is -0.508 e. The van der Waals surface area contributed by atoms with Crippen LogP contribution in [0.2, 0.25) is 0 Å². The number of aromatic hydroxyl groups is 1. The van der Waals surface area contributed by atoms with E-state index in [9.17, 15) is 9.90 Å². The predicted octanol–water partition coefficient (Wildman–Crippen LogP) is 1.59. The number of phenols is 1. The predicted molar refractivity (Wildman–Crippen MR) is 69.3 cm³/mol. The van der Waals surface area contributed by atoms with E-state index < -0.39 is 12.0 Å². The van der Waals surface area contributed by atoms with Crippen molar-refractivity contribution in [1.82, 2.24) is 0 Å². The van der Waals surface area contributed by atoms with Crippen molar-refractivity contribution in [3.05, 3.63) is 42.0 Å². The second-order valence-corrected chi connectivity index (χ2v) is 4.12. The van der Waals surface area contributed by atoms with E-state index in [0.717, 1.165) is 10.8 Å². The molecule has 0 aliphatic carbocycles. The number of esters is 1. The number of rotatable bonds is 3. The summed E-state index contributed by atoms with van der Waals surface area (Å²) in [5, 5.41) is 11.8. The van der Waals surface area contributed by atoms with E-state index >= 15 is 0 Å². The van der Waals surface area contributed by atoms with Gasteiger partial charge in [-0.3, -0.25) is 4.79 Å². The van der Waals surface area contributed by atoms with E-state index in [1.807, 2.05) is 30.3 Å². The number of phenolic OH excluding ortho intramolecular Hbond substituents is 1. The molecule has 2 aromatic carbocycles. The zero-order chi connectivity index (χ0) is 13.1. The van der Waals surface area contributed by atoms with Gasteiger partial charge in [-0.1, -0.05) is 30.3 Å². The Kier molecular flexibility index (Phi) is 3.48. The van der Waals surface area contributed by atoms with Crippen molar-refractivity contribution in [2.75, 3.05) is 7.11 Å². The van der Waals surface area contributed by atoms with Crippen LogP contribution in [0.4, 0.5) is 0 Å². The third-order valence-corrected chi connectivity index (χ3v) is 2.94. The van der Waals surface area contributed by atoms with Gasteiger partial charge in [0.05, 0.1) is 7.11 Å². The molecule has 0 aliphatic rings. The Bertz CT molecular complexity index is 580. The standard InChI is InChI=1S/C14H15NO3/c1-18-14(17)12(15)8-11-10-5-3-2-4-9(10)6-7-13(11)16/h2-7,12,16H,8,15H2,1H3. The van der Waals surface area contributed by atoms with Crippen molar-refractivity contribution in [3.63, 3.8) is 0 Å². The fraction of sp³-hybridized carbons (Fsp3) is 0.214. The number of carbonyl (C=O) groups excluding carboxylic acids is 1. The first-order valence-corrected chi connectivity index (χ1v) is 5.66. The topological polar surface area (TPSA) is 72.5 Å². The third kappa shape index (κ3) is 2.28. The lowest BCUT2D eigenvalue weighted by molar-refractivity contribution is -0.142. The number of benzene rings is 2. The highest BCUT2D eigenvalue weighted by Gasteiger charge is 2.17. The third-order valence-electron chi connectivity index (χ3n) is 2.94. The van der Waals surface area contributed by atoms with Crippen molar-refractivity contribution in [1.29, 1.82) is 0 Å². The van der Waals surface area contributed by atoms with Gasteiger partial charge < -0.3 is 15.6 Å². The second-order valence-electron chi connectivity index (χ2n) is 4.12. The Balaban J connectivity index is 2.43. The average molecular weight is 245 g/mol. The molecular formula is C14H15NO3. The Labute approximate surface area is 105 Å². The molecule has 4 heteroatoms. The molecule has 2 aromatic rings. The van der Waals surface area contributed by atoms with Crippen LogP contribution in [-0.2, 0) is 16.0 Å². The van der Waals surface area contributed by atoms with Crippen LogP contribution in [0.25, 0.3) is 10.8 Å². The first-order chi connectivity index (χ1) is 8.63. The van der Waals surface area contributed by atoms with E-state index in [1.54, 1.807) is 6.07 Å². The lowest BCUT2D eigenvalue weighted by Gasteiger charge is -2.13. The lowest BCUT2D eigenvalue weighted by atomic mass is 9.98. The van der Waals surface area contributed by atoms with Crippen LogP contribution in [0.5, 0.6) is 5.75 Å². The molecule has 1 unspecified atom stereocenters. The molecule has 0 amide bonds. The van der Waals surface area contributed by atoms with E-state index in [4.69, 9.17) is 5.73 Å². The monoisotopic (exact) mass is 245 g/mol. The quantitative estimate of drug-likeness (QED) is 0.805. The van der Waals surface area contributed by atoms with E-state index in [0.29, 0.717) is 5.56 Å². The van der Waals surface area contributed by atoms with E-state index in [1.165, 1.54) is 7.11 Å². The van der Waals surface area contributed by atoms with Crippen molar-refractivity contribution < 1.29 is 14.6 Å². The SMILES string of the molecule is COC(=O)C(N)Cc1c(O)ccc2ccccc12. The number of fused-ring (bicyclic) bond motifs is 1. The van der Waals surface area contributed by atoms with Crippen molar-refractivity contribution in [2.45, 2.75) is 12.5 Å². The van der Waals surface area contributed by atoms with E-state index in [-0.39, 0.29) is 12.2 Å². The number of ether oxygens (including phenoxy) is 1. The summed E-state index contributed by atoms with van der Waals surface area (Å²) in [5.74, 6) is -0.338. The summed E-state index contributed by atoms with van der Waals surface area (Å²) in [5.41, 5.74) is 6.41. The summed E-state index contributed by atoms with van der Waals surface area (Å²) < 4.78 is 4.59. The van der Waals surface area contributed by atoms with Crippen molar-refractivity contribution in [3.8, 4) is 5.75 Å². The number of nitrogens with two attached hydrogens (primary N) is 1. The molecule has 0 aliphatic heterocycles. The van der Waals surface area contributed by atoms with Crippen LogP contribution < -0.4 is 5.73 Å². The lowest BCUT2D eigenvalue weighted by Crippen LogP contribution is -2.33. The largest absolute Gasteiger partial charge is 0.508 e. The van der Waals surface area contributed by atoms with Crippen LogP contribution in [0, 0.1) is 0 Å². The van der Waals surface area contributed by atoms with Gasteiger partial charge in [-0.05, 0) is 16.8 Å². The van der Waals surface area contributed by atoms with Gasteiger partial charge in [-0.25, -0.2) is 0 Å². The minimum atomic E-state index is -0.772. The van der Waals surface area contributed by atoms with Gasteiger partial charge in [0.2, 0.25) is 0 Å². The van der Waals surface area contributed by atoms with Crippen LogP contribution in [0.15, 0.2) is 36.4 Å². The maximum atomic E-state index is 11.3. The summed E-state index contributed by atoms with van der Waals surface area (Å²) in [6, 6.07) is 10.3. The molecule has 1 atom stereocenters. The number of methoxy groups -OCH3 is 1. The molecule has 0 saturated carbocycles. The molecule has 0 radical (unpaired) electrons. The second kappa shape index (κ2) is 5.06. The van der Waals surface area contributed by atoms with Crippen LogP contribution in [0.1, 0.15) is 5.56 Å². The first kappa shape index (κ1) is 12.4. The molecule has 0 aromatic heterocycles. The van der Waals surface area contributed by atoms with Gasteiger partial charge in [0.15, 0.2) is 0 Å². The van der Waals surface area contributed by atoms with Crippen LogP contribution in [0.3, 0.4) is 0 Å². The Morgan fingerprint density at radius 1 is 1.33 bits per heavy atom. The highest BCUT2D eigenvalue weighted by Crippen LogP contribution is 2.28. The molecule has 0 bridgehead atoms. The molecule has 2 rings (SSSR count). The molecule has 94 valence electrons. The van der Waals surface area contributed by atoms with Crippen LogP contribution >= 0.6 is 0 Å². The van der Waals surface area contributed by atoms with Gasteiger partial charge in [-0.15, -0.1) is 0 Å². The minimum absolute atomic E-state index is 0.146. The summed E-state index contributed by atoms with van der Waals surface area (Å²) >= 11 is 0. The Morgan fingerprint density at radius 2 is 2.06 bits per heavy atom. The van der Waals surface area contributed by atoms with Crippen molar-refractivity contribution >= 4 is 16.7 Å². The molecule has 18 heavy (non-hydrogen) atoms. The fourth-order valence-corrected chi connectivity index (χ4v) is 1.99. The molecular weight excluding hydrogens is 230 g/mol. The van der Waals surface area contributed by atoms with Crippen molar-refractivity contribution in [2.24, 2.45) is 5.73 Å². The number of hydrogen-bond donors (Lipinski definition) is 2. The maximum absolute atomic E-state index is 11.3. The first-order valence-electron chi connectivity index (χ1n) is 5.66. The molecule has 4 nitrogen and oxygen atoms in total. The summed E-state index contributed by atoms with van der Waals surface area (Å²) in [7, 11) is 1.30. The Hall–Kier alpha value is -2.07. The summed E-state index contributed by atoms with van der Waals surface area (Å²) in [6.45, 7) is 0. The zero-order valence-electron chi connectivity index (χ0n) is 10.1. The highest BCUT2D eigenvalue weighted by atomic mass is 16.5. The zero-order valence-corrected chi connectivity index (χ0v) is 10.1. The molecule has 0 heterocycles. The van der Waals surface area contributed by atoms with Crippen LogP contribution in [-0.4, -0.2) is 24.2 Å². The molecule has 0 saturated heterocycles. The summed E-state index contributed by atoms with van der Waals surface area (Å²) in [6.07, 6.45) is 0.250. The normalized spacial score (nSPS) is 12.3. The van der Waals surface area contributed by atoms with Gasteiger partial charge in [0.25, 0.3) is 0 Å².